The summed E-state index contributed by atoms with van der Waals surface area (Å²) in [6.45, 7) is 4.58. The molecule has 0 spiro atoms. The van der Waals surface area contributed by atoms with Crippen molar-refractivity contribution < 1.29 is 14.3 Å². The summed E-state index contributed by atoms with van der Waals surface area (Å²) in [5.74, 6) is -1.17. The molecule has 1 fully saturated rings. The van der Waals surface area contributed by atoms with E-state index in [1.807, 2.05) is 0 Å². The molecule has 0 saturated carbocycles. The lowest BCUT2D eigenvalue weighted by molar-refractivity contribution is 0.0691. The van der Waals surface area contributed by atoms with Gasteiger partial charge >= 0.3 is 5.97 Å². The average molecular weight is 237 g/mol. The van der Waals surface area contributed by atoms with Gasteiger partial charge in [0.25, 0.3) is 0 Å². The predicted octanol–water partition coefficient (Wildman–Crippen LogP) is 2.37. The lowest BCUT2D eigenvalue weighted by atomic mass is 10.1. The zero-order chi connectivity index (χ0) is 12.4. The van der Waals surface area contributed by atoms with Crippen molar-refractivity contribution in [3.63, 3.8) is 0 Å². The molecule has 1 unspecified atom stereocenters. The standard InChI is InChI=1S/C13H16FNO2/c1-9-5-6-15(7-9)8-10-3-2-4-11(12(10)14)13(16)17/h2-4,9H,5-8H2,1H3,(H,16,17). The van der Waals surface area contributed by atoms with E-state index in [9.17, 15) is 9.18 Å². The molecule has 3 nitrogen and oxygen atoms in total. The molecule has 0 bridgehead atoms. The second-order valence-electron chi connectivity index (χ2n) is 4.71. The van der Waals surface area contributed by atoms with Crippen LogP contribution in [0.1, 0.15) is 29.3 Å². The normalized spacial score (nSPS) is 20.7. The third kappa shape index (κ3) is 2.64. The summed E-state index contributed by atoms with van der Waals surface area (Å²) >= 11 is 0. The first-order valence-corrected chi connectivity index (χ1v) is 5.81. The zero-order valence-corrected chi connectivity index (χ0v) is 9.82. The molecule has 1 N–H and O–H groups in total. The van der Waals surface area contributed by atoms with Gasteiger partial charge in [0.15, 0.2) is 0 Å². The Hall–Kier alpha value is -1.42. The molecule has 1 heterocycles. The van der Waals surface area contributed by atoms with Gasteiger partial charge < -0.3 is 5.11 Å². The van der Waals surface area contributed by atoms with E-state index in [4.69, 9.17) is 5.11 Å². The van der Waals surface area contributed by atoms with Crippen LogP contribution in [0.4, 0.5) is 4.39 Å². The van der Waals surface area contributed by atoms with E-state index in [-0.39, 0.29) is 5.56 Å². The lowest BCUT2D eigenvalue weighted by Crippen LogP contribution is -2.21. The van der Waals surface area contributed by atoms with Crippen LogP contribution in [0.3, 0.4) is 0 Å². The fourth-order valence-electron chi connectivity index (χ4n) is 2.28. The van der Waals surface area contributed by atoms with Crippen LogP contribution in [0.2, 0.25) is 0 Å². The predicted molar refractivity (Wildman–Crippen MR) is 62.4 cm³/mol. The summed E-state index contributed by atoms with van der Waals surface area (Å²) in [5, 5.41) is 8.84. The highest BCUT2D eigenvalue weighted by molar-refractivity contribution is 5.88. The van der Waals surface area contributed by atoms with Crippen LogP contribution in [0, 0.1) is 11.7 Å². The first-order valence-electron chi connectivity index (χ1n) is 5.81. The summed E-state index contributed by atoms with van der Waals surface area (Å²) in [7, 11) is 0. The third-order valence-corrected chi connectivity index (χ3v) is 3.21. The van der Waals surface area contributed by atoms with Crippen molar-refractivity contribution >= 4 is 5.97 Å². The molecule has 0 amide bonds. The molecule has 0 aromatic heterocycles. The number of aromatic carboxylic acids is 1. The number of carboxylic acid groups (broad SMARTS) is 1. The van der Waals surface area contributed by atoms with E-state index in [0.717, 1.165) is 19.5 Å². The number of hydrogen-bond acceptors (Lipinski definition) is 2. The summed E-state index contributed by atoms with van der Waals surface area (Å²) in [6, 6.07) is 4.56. The molecule has 1 aliphatic rings. The van der Waals surface area contributed by atoms with E-state index < -0.39 is 11.8 Å². The van der Waals surface area contributed by atoms with Crippen LogP contribution in [0.25, 0.3) is 0 Å². The van der Waals surface area contributed by atoms with Gasteiger partial charge in [-0.2, -0.15) is 0 Å². The minimum absolute atomic E-state index is 0.241. The highest BCUT2D eigenvalue weighted by Gasteiger charge is 2.21. The molecule has 1 atom stereocenters. The number of likely N-dealkylation sites (tertiary alicyclic amines) is 1. The SMILES string of the molecule is CC1CCN(Cc2cccc(C(=O)O)c2F)C1. The summed E-state index contributed by atoms with van der Waals surface area (Å²) in [4.78, 5) is 13.0. The van der Waals surface area contributed by atoms with Gasteiger partial charge in [0.2, 0.25) is 0 Å². The van der Waals surface area contributed by atoms with Gasteiger partial charge in [0, 0.05) is 18.7 Å². The van der Waals surface area contributed by atoms with E-state index in [1.165, 1.54) is 6.07 Å². The Morgan fingerprint density at radius 3 is 2.94 bits per heavy atom. The van der Waals surface area contributed by atoms with Crippen molar-refractivity contribution in [3.8, 4) is 0 Å². The van der Waals surface area contributed by atoms with Crippen LogP contribution in [0.5, 0.6) is 0 Å². The van der Waals surface area contributed by atoms with Gasteiger partial charge in [0.05, 0.1) is 5.56 Å². The maximum Gasteiger partial charge on any atom is 0.338 e. The van der Waals surface area contributed by atoms with Crippen LogP contribution in [0.15, 0.2) is 18.2 Å². The van der Waals surface area contributed by atoms with Crippen molar-refractivity contribution in [2.24, 2.45) is 5.92 Å². The van der Waals surface area contributed by atoms with E-state index >= 15 is 0 Å². The monoisotopic (exact) mass is 237 g/mol. The average Bonchev–Trinajstić information content (AvgIpc) is 2.67. The van der Waals surface area contributed by atoms with Crippen molar-refractivity contribution in [1.82, 2.24) is 4.90 Å². The van der Waals surface area contributed by atoms with Gasteiger partial charge in [-0.1, -0.05) is 19.1 Å². The maximum absolute atomic E-state index is 13.9. The number of rotatable bonds is 3. The summed E-state index contributed by atoms with van der Waals surface area (Å²) in [6.07, 6.45) is 1.13. The zero-order valence-electron chi connectivity index (χ0n) is 9.82. The van der Waals surface area contributed by atoms with Gasteiger partial charge in [-0.05, 0) is 24.9 Å². The Morgan fingerprint density at radius 1 is 1.59 bits per heavy atom. The number of halogens is 1. The van der Waals surface area contributed by atoms with Crippen molar-refractivity contribution in [3.05, 3.63) is 35.1 Å². The topological polar surface area (TPSA) is 40.5 Å². The van der Waals surface area contributed by atoms with Crippen molar-refractivity contribution in [1.29, 1.82) is 0 Å². The second-order valence-corrected chi connectivity index (χ2v) is 4.71. The second kappa shape index (κ2) is 4.84. The Kier molecular flexibility index (Phi) is 3.43. The molecule has 4 heteroatoms. The maximum atomic E-state index is 13.9. The molecule has 1 saturated heterocycles. The van der Waals surface area contributed by atoms with Crippen LogP contribution in [-0.4, -0.2) is 29.1 Å². The minimum atomic E-state index is -1.21. The number of benzene rings is 1. The first kappa shape index (κ1) is 12.0. The minimum Gasteiger partial charge on any atom is -0.478 e. The molecule has 1 aromatic carbocycles. The highest BCUT2D eigenvalue weighted by atomic mass is 19.1. The molecular weight excluding hydrogens is 221 g/mol. The molecule has 0 aliphatic carbocycles. The summed E-state index contributed by atoms with van der Waals surface area (Å²) in [5.41, 5.74) is 0.230. The smallest absolute Gasteiger partial charge is 0.338 e. The van der Waals surface area contributed by atoms with E-state index in [0.29, 0.717) is 18.0 Å². The molecule has 92 valence electrons. The van der Waals surface area contributed by atoms with Crippen molar-refractivity contribution in [2.45, 2.75) is 19.9 Å². The first-order chi connectivity index (χ1) is 8.08. The fraction of sp³-hybridized carbons (Fsp3) is 0.462. The van der Waals surface area contributed by atoms with Gasteiger partial charge in [-0.15, -0.1) is 0 Å². The van der Waals surface area contributed by atoms with Gasteiger partial charge in [0.1, 0.15) is 5.82 Å². The number of nitrogens with zero attached hydrogens (tertiary/aromatic N) is 1. The van der Waals surface area contributed by atoms with Crippen LogP contribution < -0.4 is 0 Å². The van der Waals surface area contributed by atoms with E-state index in [2.05, 4.69) is 11.8 Å². The van der Waals surface area contributed by atoms with Gasteiger partial charge in [-0.3, -0.25) is 4.90 Å². The lowest BCUT2D eigenvalue weighted by Gasteiger charge is -2.16. The van der Waals surface area contributed by atoms with Crippen LogP contribution >= 0.6 is 0 Å². The number of hydrogen-bond donors (Lipinski definition) is 1. The third-order valence-electron chi connectivity index (χ3n) is 3.21. The Morgan fingerprint density at radius 2 is 2.35 bits per heavy atom. The Bertz CT molecular complexity index is 433. The molecule has 1 aliphatic heterocycles. The van der Waals surface area contributed by atoms with Crippen molar-refractivity contribution in [2.75, 3.05) is 13.1 Å². The quantitative estimate of drug-likeness (QED) is 0.877. The molecule has 0 radical (unpaired) electrons. The van der Waals surface area contributed by atoms with E-state index in [1.54, 1.807) is 12.1 Å². The molecule has 1 aromatic rings. The largest absolute Gasteiger partial charge is 0.478 e. The Balaban J connectivity index is 2.16. The summed E-state index contributed by atoms with van der Waals surface area (Å²) < 4.78 is 13.9. The molecular formula is C13H16FNO2. The number of carboxylic acids is 1. The molecule has 2 rings (SSSR count). The fourth-order valence-corrected chi connectivity index (χ4v) is 2.28. The number of carbonyl (C=O) groups is 1. The van der Waals surface area contributed by atoms with Crippen LogP contribution in [-0.2, 0) is 6.54 Å². The highest BCUT2D eigenvalue weighted by Crippen LogP contribution is 2.20. The van der Waals surface area contributed by atoms with Gasteiger partial charge in [-0.25, -0.2) is 9.18 Å². The molecule has 17 heavy (non-hydrogen) atoms. The Labute approximate surface area is 99.9 Å².